The third-order valence-corrected chi connectivity index (χ3v) is 3.83. The topological polar surface area (TPSA) is 73.6 Å². The Labute approximate surface area is 125 Å². The van der Waals surface area contributed by atoms with Crippen molar-refractivity contribution in [2.24, 2.45) is 5.73 Å². The second kappa shape index (κ2) is 7.88. The molecule has 0 spiro atoms. The molecule has 5 heteroatoms. The van der Waals surface area contributed by atoms with Gasteiger partial charge in [0.15, 0.2) is 18.1 Å². The van der Waals surface area contributed by atoms with E-state index in [-0.39, 0.29) is 6.61 Å². The largest absolute Gasteiger partial charge is 0.493 e. The lowest BCUT2D eigenvalue weighted by Gasteiger charge is -2.23. The van der Waals surface area contributed by atoms with E-state index in [0.29, 0.717) is 24.1 Å². The van der Waals surface area contributed by atoms with Crippen LogP contribution in [0, 0.1) is 0 Å². The minimum atomic E-state index is -0.493. The molecule has 1 aromatic rings. The first kappa shape index (κ1) is 15.6. The maximum atomic E-state index is 10.9. The van der Waals surface area contributed by atoms with Crippen molar-refractivity contribution in [2.75, 3.05) is 13.7 Å². The highest BCUT2D eigenvalue weighted by Gasteiger charge is 2.15. The Hall–Kier alpha value is -1.75. The van der Waals surface area contributed by atoms with E-state index in [0.717, 1.165) is 5.56 Å². The van der Waals surface area contributed by atoms with Crippen LogP contribution >= 0.6 is 0 Å². The van der Waals surface area contributed by atoms with Gasteiger partial charge in [0.1, 0.15) is 0 Å². The van der Waals surface area contributed by atoms with Crippen molar-refractivity contribution in [2.45, 2.75) is 44.7 Å². The average Bonchev–Trinajstić information content (AvgIpc) is 2.51. The van der Waals surface area contributed by atoms with E-state index in [1.807, 2.05) is 18.2 Å². The van der Waals surface area contributed by atoms with Gasteiger partial charge in [0.25, 0.3) is 5.91 Å². The molecular formula is C16H24N2O3. The Morgan fingerprint density at radius 3 is 2.76 bits per heavy atom. The van der Waals surface area contributed by atoms with Gasteiger partial charge >= 0.3 is 0 Å². The fourth-order valence-electron chi connectivity index (χ4n) is 2.73. The zero-order valence-corrected chi connectivity index (χ0v) is 12.6. The van der Waals surface area contributed by atoms with Crippen molar-refractivity contribution in [3.63, 3.8) is 0 Å². The number of hydrogen-bond acceptors (Lipinski definition) is 4. The summed E-state index contributed by atoms with van der Waals surface area (Å²) in [5, 5.41) is 3.57. The molecule has 0 radical (unpaired) electrons. The zero-order valence-electron chi connectivity index (χ0n) is 12.6. The molecule has 116 valence electrons. The van der Waals surface area contributed by atoms with Gasteiger partial charge in [-0.3, -0.25) is 4.79 Å². The van der Waals surface area contributed by atoms with Crippen molar-refractivity contribution in [1.29, 1.82) is 0 Å². The summed E-state index contributed by atoms with van der Waals surface area (Å²) in [6.45, 7) is 0.562. The number of carbonyl (C=O) groups is 1. The Bertz CT molecular complexity index is 471. The van der Waals surface area contributed by atoms with Crippen LogP contribution < -0.4 is 20.5 Å². The summed E-state index contributed by atoms with van der Waals surface area (Å²) in [6, 6.07) is 6.29. The molecule has 1 saturated carbocycles. The Kier molecular flexibility index (Phi) is 5.87. The predicted octanol–water partition coefficient (Wildman–Crippen LogP) is 1.98. The number of nitrogens with one attached hydrogen (secondary N) is 1. The van der Waals surface area contributed by atoms with Gasteiger partial charge in [0.05, 0.1) is 7.11 Å². The molecule has 1 aromatic carbocycles. The van der Waals surface area contributed by atoms with E-state index < -0.39 is 5.91 Å². The number of ether oxygens (including phenoxy) is 2. The van der Waals surface area contributed by atoms with Crippen molar-refractivity contribution in [3.05, 3.63) is 23.8 Å². The number of hydrogen-bond donors (Lipinski definition) is 2. The summed E-state index contributed by atoms with van der Waals surface area (Å²) >= 11 is 0. The number of carbonyl (C=O) groups excluding carboxylic acids is 1. The normalized spacial score (nSPS) is 15.7. The summed E-state index contributed by atoms with van der Waals surface area (Å²) in [4.78, 5) is 10.9. The van der Waals surface area contributed by atoms with Gasteiger partial charge in [0, 0.05) is 18.2 Å². The number of para-hydroxylation sites is 1. The molecule has 5 nitrogen and oxygen atoms in total. The lowest BCUT2D eigenvalue weighted by molar-refractivity contribution is -0.119. The Morgan fingerprint density at radius 1 is 1.33 bits per heavy atom. The average molecular weight is 292 g/mol. The minimum Gasteiger partial charge on any atom is -0.493 e. The van der Waals surface area contributed by atoms with E-state index in [2.05, 4.69) is 5.32 Å². The molecule has 2 rings (SSSR count). The fourth-order valence-corrected chi connectivity index (χ4v) is 2.73. The van der Waals surface area contributed by atoms with Gasteiger partial charge in [-0.2, -0.15) is 0 Å². The summed E-state index contributed by atoms with van der Waals surface area (Å²) in [5.74, 6) is 0.730. The Morgan fingerprint density at radius 2 is 2.10 bits per heavy atom. The number of rotatable bonds is 7. The molecule has 0 unspecified atom stereocenters. The number of nitrogens with two attached hydrogens (primary N) is 1. The second-order valence-corrected chi connectivity index (χ2v) is 5.42. The van der Waals surface area contributed by atoms with Crippen molar-refractivity contribution in [1.82, 2.24) is 5.32 Å². The molecule has 21 heavy (non-hydrogen) atoms. The van der Waals surface area contributed by atoms with Gasteiger partial charge in [-0.1, -0.05) is 31.4 Å². The number of benzene rings is 1. The highest BCUT2D eigenvalue weighted by atomic mass is 16.5. The smallest absolute Gasteiger partial charge is 0.255 e. The van der Waals surface area contributed by atoms with Crippen LogP contribution in [0.4, 0.5) is 0 Å². The number of amides is 1. The van der Waals surface area contributed by atoms with Gasteiger partial charge in [-0.25, -0.2) is 0 Å². The minimum absolute atomic E-state index is 0.142. The van der Waals surface area contributed by atoms with Gasteiger partial charge < -0.3 is 20.5 Å². The van der Waals surface area contributed by atoms with Crippen LogP contribution in [0.3, 0.4) is 0 Å². The molecule has 0 atom stereocenters. The molecule has 0 bridgehead atoms. The quantitative estimate of drug-likeness (QED) is 0.806. The highest BCUT2D eigenvalue weighted by Crippen LogP contribution is 2.31. The molecule has 3 N–H and O–H groups in total. The maximum Gasteiger partial charge on any atom is 0.255 e. The molecule has 0 aliphatic heterocycles. The van der Waals surface area contributed by atoms with E-state index in [1.165, 1.54) is 32.1 Å². The maximum absolute atomic E-state index is 10.9. The zero-order chi connectivity index (χ0) is 15.1. The lowest BCUT2D eigenvalue weighted by Crippen LogP contribution is -2.30. The van der Waals surface area contributed by atoms with E-state index in [9.17, 15) is 4.79 Å². The van der Waals surface area contributed by atoms with E-state index >= 15 is 0 Å². The van der Waals surface area contributed by atoms with Crippen LogP contribution in [-0.4, -0.2) is 25.7 Å². The van der Waals surface area contributed by atoms with Gasteiger partial charge in [0.2, 0.25) is 0 Å². The molecule has 0 aromatic heterocycles. The van der Waals surface area contributed by atoms with Crippen molar-refractivity contribution in [3.8, 4) is 11.5 Å². The molecule has 0 heterocycles. The molecular weight excluding hydrogens is 268 g/mol. The number of methoxy groups -OCH3 is 1. The van der Waals surface area contributed by atoms with Gasteiger partial charge in [-0.05, 0) is 18.9 Å². The summed E-state index contributed by atoms with van der Waals surface area (Å²) in [6.07, 6.45) is 6.37. The second-order valence-electron chi connectivity index (χ2n) is 5.42. The summed E-state index contributed by atoms with van der Waals surface area (Å²) < 4.78 is 10.8. The highest BCUT2D eigenvalue weighted by molar-refractivity contribution is 5.75. The fraction of sp³-hybridized carbons (Fsp3) is 0.562. The molecule has 0 saturated heterocycles. The third-order valence-electron chi connectivity index (χ3n) is 3.83. The van der Waals surface area contributed by atoms with Crippen LogP contribution in [0.1, 0.15) is 37.7 Å². The number of primary amides is 1. The van der Waals surface area contributed by atoms with E-state index in [1.54, 1.807) is 7.11 Å². The van der Waals surface area contributed by atoms with Crippen LogP contribution in [-0.2, 0) is 11.3 Å². The summed E-state index contributed by atoms with van der Waals surface area (Å²) in [7, 11) is 1.59. The molecule has 1 fully saturated rings. The van der Waals surface area contributed by atoms with Crippen molar-refractivity contribution >= 4 is 5.91 Å². The standard InChI is InChI=1S/C16H24N2O3/c1-20-14-9-5-6-12(16(14)21-11-15(17)19)10-18-13-7-3-2-4-8-13/h5-6,9,13,18H,2-4,7-8,10-11H2,1H3,(H2,17,19). The first-order valence-electron chi connectivity index (χ1n) is 7.51. The van der Waals surface area contributed by atoms with Crippen molar-refractivity contribution < 1.29 is 14.3 Å². The molecule has 1 aliphatic carbocycles. The SMILES string of the molecule is COc1cccc(CNC2CCCCC2)c1OCC(N)=O. The predicted molar refractivity (Wildman–Crippen MR) is 81.4 cm³/mol. The third kappa shape index (κ3) is 4.63. The lowest BCUT2D eigenvalue weighted by atomic mass is 9.95. The van der Waals surface area contributed by atoms with E-state index in [4.69, 9.17) is 15.2 Å². The van der Waals surface area contributed by atoms with Crippen LogP contribution in [0.25, 0.3) is 0 Å². The molecule has 1 aliphatic rings. The Balaban J connectivity index is 2.03. The van der Waals surface area contributed by atoms with Crippen LogP contribution in [0.15, 0.2) is 18.2 Å². The summed E-state index contributed by atoms with van der Waals surface area (Å²) in [5.41, 5.74) is 6.14. The molecule has 1 amide bonds. The monoisotopic (exact) mass is 292 g/mol. The first-order valence-corrected chi connectivity index (χ1v) is 7.51. The first-order chi connectivity index (χ1) is 10.2. The van der Waals surface area contributed by atoms with Gasteiger partial charge in [-0.15, -0.1) is 0 Å². The van der Waals surface area contributed by atoms with Crippen LogP contribution in [0.2, 0.25) is 0 Å². The van der Waals surface area contributed by atoms with Crippen LogP contribution in [0.5, 0.6) is 11.5 Å².